The van der Waals surface area contributed by atoms with Gasteiger partial charge in [-0.05, 0) is 43.3 Å². The van der Waals surface area contributed by atoms with Gasteiger partial charge in [0.15, 0.2) is 4.77 Å². The van der Waals surface area contributed by atoms with Crippen molar-refractivity contribution in [1.82, 2.24) is 9.55 Å². The monoisotopic (exact) mass is 319 g/mol. The molecule has 1 amide bonds. The molecule has 1 aromatic heterocycles. The Kier molecular flexibility index (Phi) is 5.51. The normalized spacial score (nSPS) is 12.4. The molecule has 118 valence electrons. The summed E-state index contributed by atoms with van der Waals surface area (Å²) in [5, 5.41) is 2.87. The van der Waals surface area contributed by atoms with Gasteiger partial charge < -0.3 is 15.0 Å². The second kappa shape index (κ2) is 7.38. The van der Waals surface area contributed by atoms with E-state index in [9.17, 15) is 4.79 Å². The predicted molar refractivity (Wildman–Crippen MR) is 89.8 cm³/mol. The van der Waals surface area contributed by atoms with Gasteiger partial charge in [-0.2, -0.15) is 0 Å². The minimum Gasteiger partial charge on any atom is -0.368 e. The molecule has 0 radical (unpaired) electrons. The average Bonchev–Trinajstić information content (AvgIpc) is 2.91. The van der Waals surface area contributed by atoms with Crippen molar-refractivity contribution in [3.8, 4) is 5.69 Å². The van der Waals surface area contributed by atoms with Gasteiger partial charge in [-0.15, -0.1) is 0 Å². The summed E-state index contributed by atoms with van der Waals surface area (Å²) in [4.78, 5) is 15.1. The first-order valence-corrected chi connectivity index (χ1v) is 7.67. The smallest absolute Gasteiger partial charge is 0.253 e. The van der Waals surface area contributed by atoms with Crippen LogP contribution >= 0.6 is 12.2 Å². The molecule has 0 saturated heterocycles. The first kappa shape index (κ1) is 16.5. The van der Waals surface area contributed by atoms with E-state index in [1.807, 2.05) is 35.0 Å². The third kappa shape index (κ3) is 4.29. The van der Waals surface area contributed by atoms with Crippen LogP contribution in [0.2, 0.25) is 0 Å². The minimum absolute atomic E-state index is 0.157. The van der Waals surface area contributed by atoms with Crippen molar-refractivity contribution in [2.45, 2.75) is 26.9 Å². The summed E-state index contributed by atoms with van der Waals surface area (Å²) in [6, 6.07) is 7.51. The van der Waals surface area contributed by atoms with E-state index in [2.05, 4.69) is 24.1 Å². The van der Waals surface area contributed by atoms with E-state index >= 15 is 0 Å². The maximum Gasteiger partial charge on any atom is 0.253 e. The van der Waals surface area contributed by atoms with Crippen LogP contribution in [0.4, 0.5) is 5.69 Å². The summed E-state index contributed by atoms with van der Waals surface area (Å²) in [6.45, 7) is 6.42. The Morgan fingerprint density at radius 1 is 1.41 bits per heavy atom. The summed E-state index contributed by atoms with van der Waals surface area (Å²) in [6.07, 6.45) is 3.13. The number of nitrogens with zero attached hydrogens (tertiary/aromatic N) is 1. The van der Waals surface area contributed by atoms with Crippen LogP contribution in [0.15, 0.2) is 36.7 Å². The molecule has 0 bridgehead atoms. The second-order valence-corrected chi connectivity index (χ2v) is 5.93. The molecule has 0 aliphatic carbocycles. The highest BCUT2D eigenvalue weighted by molar-refractivity contribution is 7.71. The number of nitrogens with one attached hydrogen (secondary N) is 2. The van der Waals surface area contributed by atoms with E-state index in [1.54, 1.807) is 13.1 Å². The SMILES string of the molecule is CC(C)CO[C@@H](C)C(=O)Nc1cccc(-n2cc[nH]c2=S)c1. The summed E-state index contributed by atoms with van der Waals surface area (Å²) in [7, 11) is 0. The van der Waals surface area contributed by atoms with Crippen molar-refractivity contribution >= 4 is 23.8 Å². The number of H-pyrrole nitrogens is 1. The predicted octanol–water partition coefficient (Wildman–Crippen LogP) is 3.53. The molecular formula is C16H21N3O2S. The maximum absolute atomic E-state index is 12.1. The molecule has 1 aromatic carbocycles. The van der Waals surface area contributed by atoms with Gasteiger partial charge in [0.05, 0.1) is 0 Å². The van der Waals surface area contributed by atoms with Crippen LogP contribution < -0.4 is 5.32 Å². The highest BCUT2D eigenvalue weighted by Crippen LogP contribution is 2.15. The summed E-state index contributed by atoms with van der Waals surface area (Å²) in [5.41, 5.74) is 1.60. The molecule has 6 heteroatoms. The number of amides is 1. The quantitative estimate of drug-likeness (QED) is 0.801. The summed E-state index contributed by atoms with van der Waals surface area (Å²) >= 11 is 5.20. The Balaban J connectivity index is 2.06. The molecule has 2 rings (SSSR count). The van der Waals surface area contributed by atoms with Crippen LogP contribution in [-0.2, 0) is 9.53 Å². The Morgan fingerprint density at radius 2 is 2.18 bits per heavy atom. The zero-order valence-electron chi connectivity index (χ0n) is 13.0. The highest BCUT2D eigenvalue weighted by Gasteiger charge is 2.14. The van der Waals surface area contributed by atoms with Crippen molar-refractivity contribution in [2.75, 3.05) is 11.9 Å². The Bertz CT molecular complexity index is 690. The van der Waals surface area contributed by atoms with Crippen molar-refractivity contribution in [3.63, 3.8) is 0 Å². The molecule has 22 heavy (non-hydrogen) atoms. The van der Waals surface area contributed by atoms with Gasteiger partial charge in [0.25, 0.3) is 5.91 Å². The first-order chi connectivity index (χ1) is 10.5. The van der Waals surface area contributed by atoms with Crippen LogP contribution in [0.1, 0.15) is 20.8 Å². The average molecular weight is 319 g/mol. The van der Waals surface area contributed by atoms with Crippen LogP contribution in [0.25, 0.3) is 5.69 Å². The third-order valence-corrected chi connectivity index (χ3v) is 3.40. The van der Waals surface area contributed by atoms with E-state index in [4.69, 9.17) is 17.0 Å². The Labute approximate surface area is 135 Å². The van der Waals surface area contributed by atoms with Gasteiger partial charge in [0.2, 0.25) is 0 Å². The number of benzene rings is 1. The van der Waals surface area contributed by atoms with E-state index in [1.165, 1.54) is 0 Å². The fourth-order valence-corrected chi connectivity index (χ4v) is 2.15. The molecule has 2 N–H and O–H groups in total. The van der Waals surface area contributed by atoms with E-state index < -0.39 is 6.10 Å². The number of hydrogen-bond acceptors (Lipinski definition) is 3. The standard InChI is InChI=1S/C16H21N3O2S/c1-11(2)10-21-12(3)15(20)18-13-5-4-6-14(9-13)19-8-7-17-16(19)22/h4-9,11-12H,10H2,1-3H3,(H,17,22)(H,18,20)/t12-/m0/s1. The van der Waals surface area contributed by atoms with Gasteiger partial charge in [-0.25, -0.2) is 0 Å². The molecule has 1 atom stereocenters. The van der Waals surface area contributed by atoms with E-state index in [-0.39, 0.29) is 5.91 Å². The molecule has 2 aromatic rings. The van der Waals surface area contributed by atoms with Crippen molar-refractivity contribution in [1.29, 1.82) is 0 Å². The van der Waals surface area contributed by atoms with E-state index in [0.717, 1.165) is 5.69 Å². The second-order valence-electron chi connectivity index (χ2n) is 5.54. The van der Waals surface area contributed by atoms with Gasteiger partial charge in [-0.1, -0.05) is 19.9 Å². The lowest BCUT2D eigenvalue weighted by Gasteiger charge is -2.15. The summed E-state index contributed by atoms with van der Waals surface area (Å²) in [5.74, 6) is 0.240. The minimum atomic E-state index is -0.486. The zero-order valence-corrected chi connectivity index (χ0v) is 13.8. The molecular weight excluding hydrogens is 298 g/mol. The zero-order chi connectivity index (χ0) is 16.1. The molecule has 5 nitrogen and oxygen atoms in total. The fourth-order valence-electron chi connectivity index (χ4n) is 1.91. The molecule has 0 aliphatic heterocycles. The number of aromatic nitrogens is 2. The van der Waals surface area contributed by atoms with Crippen LogP contribution in [0.5, 0.6) is 0 Å². The van der Waals surface area contributed by atoms with Crippen molar-refractivity contribution in [2.24, 2.45) is 5.92 Å². The van der Waals surface area contributed by atoms with Gasteiger partial charge in [0, 0.05) is 30.4 Å². The summed E-state index contributed by atoms with van der Waals surface area (Å²) < 4.78 is 7.97. The fraction of sp³-hybridized carbons (Fsp3) is 0.375. The van der Waals surface area contributed by atoms with Gasteiger partial charge >= 0.3 is 0 Å². The molecule has 0 aliphatic rings. The number of rotatable bonds is 6. The Hall–Kier alpha value is -1.92. The lowest BCUT2D eigenvalue weighted by Crippen LogP contribution is -2.28. The van der Waals surface area contributed by atoms with E-state index in [0.29, 0.717) is 23.0 Å². The topological polar surface area (TPSA) is 59.0 Å². The number of ether oxygens (including phenoxy) is 1. The number of carbonyl (C=O) groups is 1. The Morgan fingerprint density at radius 3 is 2.82 bits per heavy atom. The number of anilines is 1. The molecule has 0 saturated carbocycles. The van der Waals surface area contributed by atoms with Crippen LogP contribution in [0, 0.1) is 10.7 Å². The molecule has 0 unspecified atom stereocenters. The maximum atomic E-state index is 12.1. The molecule has 0 fully saturated rings. The first-order valence-electron chi connectivity index (χ1n) is 7.26. The number of hydrogen-bond donors (Lipinski definition) is 2. The van der Waals surface area contributed by atoms with Gasteiger partial charge in [0.1, 0.15) is 6.10 Å². The molecule has 0 spiro atoms. The van der Waals surface area contributed by atoms with Crippen LogP contribution in [-0.4, -0.2) is 28.2 Å². The van der Waals surface area contributed by atoms with Crippen molar-refractivity contribution in [3.05, 3.63) is 41.4 Å². The van der Waals surface area contributed by atoms with Gasteiger partial charge in [-0.3, -0.25) is 9.36 Å². The third-order valence-electron chi connectivity index (χ3n) is 3.09. The van der Waals surface area contributed by atoms with Crippen LogP contribution in [0.3, 0.4) is 0 Å². The highest BCUT2D eigenvalue weighted by atomic mass is 32.1. The number of imidazole rings is 1. The number of carbonyl (C=O) groups excluding carboxylic acids is 1. The largest absolute Gasteiger partial charge is 0.368 e. The number of aromatic amines is 1. The lowest BCUT2D eigenvalue weighted by atomic mass is 10.2. The lowest BCUT2D eigenvalue weighted by molar-refractivity contribution is -0.126. The molecule has 1 heterocycles. The van der Waals surface area contributed by atoms with Crippen molar-refractivity contribution < 1.29 is 9.53 Å².